The van der Waals surface area contributed by atoms with Crippen molar-refractivity contribution in [2.75, 3.05) is 18.5 Å². The Balaban J connectivity index is 1.94. The number of nitrogens with zero attached hydrogens (tertiary/aromatic N) is 3. The number of para-hydroxylation sites is 2. The standard InChI is InChI=1S/C26H24N4O3S/c1-2-33-25(32)22-23(28-18-16-19-11-9-10-17-27-19)29(20-12-5-3-6-13-20)26(34)30(24(22)31)21-14-7-4-8-15-21/h3-15,17,28H,2,16,18H2,1H3. The zero-order valence-electron chi connectivity index (χ0n) is 18.7. The first-order valence-corrected chi connectivity index (χ1v) is 11.4. The zero-order valence-corrected chi connectivity index (χ0v) is 19.5. The van der Waals surface area contributed by atoms with Gasteiger partial charge in [-0.2, -0.15) is 0 Å². The predicted octanol–water partition coefficient (Wildman–Crippen LogP) is 4.58. The smallest absolute Gasteiger partial charge is 0.347 e. The number of esters is 1. The highest BCUT2D eigenvalue weighted by Gasteiger charge is 2.25. The topological polar surface area (TPSA) is 78.2 Å². The minimum absolute atomic E-state index is 0.107. The average Bonchev–Trinajstić information content (AvgIpc) is 2.86. The molecule has 4 aromatic rings. The third-order valence-corrected chi connectivity index (χ3v) is 5.53. The van der Waals surface area contributed by atoms with Gasteiger partial charge in [-0.3, -0.25) is 18.9 Å². The molecule has 0 unspecified atom stereocenters. The van der Waals surface area contributed by atoms with Crippen molar-refractivity contribution in [2.24, 2.45) is 0 Å². The van der Waals surface area contributed by atoms with Crippen molar-refractivity contribution in [3.8, 4) is 11.4 Å². The molecule has 1 N–H and O–H groups in total. The van der Waals surface area contributed by atoms with Gasteiger partial charge in [0.1, 0.15) is 5.82 Å². The minimum Gasteiger partial charge on any atom is -0.462 e. The maximum absolute atomic E-state index is 13.7. The lowest BCUT2D eigenvalue weighted by Gasteiger charge is -2.21. The predicted molar refractivity (Wildman–Crippen MR) is 135 cm³/mol. The lowest BCUT2D eigenvalue weighted by atomic mass is 10.2. The number of benzene rings is 2. The highest BCUT2D eigenvalue weighted by Crippen LogP contribution is 2.22. The number of rotatable bonds is 8. The first-order chi connectivity index (χ1) is 16.6. The quantitative estimate of drug-likeness (QED) is 0.299. The van der Waals surface area contributed by atoms with E-state index in [4.69, 9.17) is 17.0 Å². The summed E-state index contributed by atoms with van der Waals surface area (Å²) in [5.41, 5.74) is 1.51. The Kier molecular flexibility index (Phi) is 7.29. The molecule has 0 aliphatic carbocycles. The van der Waals surface area contributed by atoms with Gasteiger partial charge in [-0.25, -0.2) is 4.79 Å². The summed E-state index contributed by atoms with van der Waals surface area (Å²) in [6.07, 6.45) is 2.32. The summed E-state index contributed by atoms with van der Waals surface area (Å²) in [4.78, 5) is 31.1. The second-order valence-electron chi connectivity index (χ2n) is 7.37. The summed E-state index contributed by atoms with van der Waals surface area (Å²) in [6.45, 7) is 2.27. The third kappa shape index (κ3) is 4.82. The Morgan fingerprint density at radius 3 is 2.15 bits per heavy atom. The van der Waals surface area contributed by atoms with E-state index in [1.54, 1.807) is 29.8 Å². The molecule has 2 aromatic heterocycles. The Morgan fingerprint density at radius 1 is 0.941 bits per heavy atom. The minimum atomic E-state index is -0.711. The van der Waals surface area contributed by atoms with Crippen LogP contribution in [0.1, 0.15) is 23.0 Å². The van der Waals surface area contributed by atoms with Gasteiger partial charge in [0.25, 0.3) is 5.56 Å². The first kappa shape index (κ1) is 23.1. The van der Waals surface area contributed by atoms with Crippen LogP contribution in [-0.4, -0.2) is 33.2 Å². The number of nitrogens with one attached hydrogen (secondary N) is 1. The lowest BCUT2D eigenvalue weighted by molar-refractivity contribution is 0.0524. The van der Waals surface area contributed by atoms with Gasteiger partial charge in [-0.15, -0.1) is 0 Å². The molecule has 172 valence electrons. The van der Waals surface area contributed by atoms with Crippen molar-refractivity contribution in [2.45, 2.75) is 13.3 Å². The highest BCUT2D eigenvalue weighted by atomic mass is 32.1. The average molecular weight is 473 g/mol. The van der Waals surface area contributed by atoms with Crippen molar-refractivity contribution in [3.63, 3.8) is 0 Å². The van der Waals surface area contributed by atoms with E-state index in [0.717, 1.165) is 5.69 Å². The molecule has 0 amide bonds. The molecule has 0 atom stereocenters. The van der Waals surface area contributed by atoms with Crippen LogP contribution < -0.4 is 10.9 Å². The van der Waals surface area contributed by atoms with Crippen LogP contribution >= 0.6 is 12.2 Å². The Hall–Kier alpha value is -4.04. The number of aromatic nitrogens is 3. The lowest BCUT2D eigenvalue weighted by Crippen LogP contribution is -2.33. The molecule has 2 aromatic carbocycles. The molecule has 8 heteroatoms. The molecule has 0 saturated heterocycles. The van der Waals surface area contributed by atoms with Gasteiger partial charge in [-0.1, -0.05) is 42.5 Å². The molecule has 0 bridgehead atoms. The third-order valence-electron chi connectivity index (χ3n) is 5.17. The Morgan fingerprint density at radius 2 is 1.56 bits per heavy atom. The van der Waals surface area contributed by atoms with E-state index < -0.39 is 11.5 Å². The van der Waals surface area contributed by atoms with Crippen LogP contribution in [0.25, 0.3) is 11.4 Å². The van der Waals surface area contributed by atoms with Crippen molar-refractivity contribution in [1.29, 1.82) is 0 Å². The largest absolute Gasteiger partial charge is 0.462 e. The maximum Gasteiger partial charge on any atom is 0.347 e. The summed E-state index contributed by atoms with van der Waals surface area (Å²) in [7, 11) is 0. The number of carbonyl (C=O) groups excluding carboxylic acids is 1. The first-order valence-electron chi connectivity index (χ1n) is 11.0. The van der Waals surface area contributed by atoms with Crippen LogP contribution in [-0.2, 0) is 11.2 Å². The van der Waals surface area contributed by atoms with Crippen LogP contribution in [0.2, 0.25) is 0 Å². The van der Waals surface area contributed by atoms with Gasteiger partial charge in [-0.05, 0) is 55.5 Å². The van der Waals surface area contributed by atoms with E-state index in [1.807, 2.05) is 66.7 Å². The molecule has 4 rings (SSSR count). The number of pyridine rings is 1. The van der Waals surface area contributed by atoms with E-state index in [-0.39, 0.29) is 16.9 Å². The number of carbonyl (C=O) groups is 1. The number of ether oxygens (including phenoxy) is 1. The molecule has 0 radical (unpaired) electrons. The second-order valence-corrected chi connectivity index (χ2v) is 7.74. The summed E-state index contributed by atoms with van der Waals surface area (Å²) in [5.74, 6) is -0.417. The Bertz CT molecular complexity index is 1380. The van der Waals surface area contributed by atoms with Gasteiger partial charge >= 0.3 is 5.97 Å². The molecule has 0 aliphatic heterocycles. The van der Waals surface area contributed by atoms with Crippen molar-refractivity contribution < 1.29 is 9.53 Å². The van der Waals surface area contributed by atoms with Crippen molar-refractivity contribution in [3.05, 3.63) is 111 Å². The van der Waals surface area contributed by atoms with E-state index in [2.05, 4.69) is 10.3 Å². The number of hydrogen-bond donors (Lipinski definition) is 1. The van der Waals surface area contributed by atoms with Gasteiger partial charge < -0.3 is 10.1 Å². The molecular weight excluding hydrogens is 448 g/mol. The van der Waals surface area contributed by atoms with Gasteiger partial charge in [0.2, 0.25) is 0 Å². The summed E-state index contributed by atoms with van der Waals surface area (Å²) >= 11 is 5.81. The summed E-state index contributed by atoms with van der Waals surface area (Å²) in [5, 5.41) is 3.27. The van der Waals surface area contributed by atoms with E-state index >= 15 is 0 Å². The molecule has 0 aliphatic rings. The number of hydrogen-bond acceptors (Lipinski definition) is 6. The molecule has 0 saturated carbocycles. The van der Waals surface area contributed by atoms with Gasteiger partial charge in [0, 0.05) is 30.5 Å². The highest BCUT2D eigenvalue weighted by molar-refractivity contribution is 7.71. The fourth-order valence-corrected chi connectivity index (χ4v) is 4.02. The number of anilines is 1. The molecule has 7 nitrogen and oxygen atoms in total. The van der Waals surface area contributed by atoms with Crippen molar-refractivity contribution in [1.82, 2.24) is 14.1 Å². The summed E-state index contributed by atoms with van der Waals surface area (Å²) < 4.78 is 8.58. The van der Waals surface area contributed by atoms with E-state index in [0.29, 0.717) is 30.2 Å². The van der Waals surface area contributed by atoms with Crippen LogP contribution in [0.15, 0.2) is 89.9 Å². The zero-order chi connectivity index (χ0) is 23.9. The maximum atomic E-state index is 13.7. The van der Waals surface area contributed by atoms with E-state index in [9.17, 15) is 9.59 Å². The van der Waals surface area contributed by atoms with Crippen LogP contribution in [0.3, 0.4) is 0 Å². The molecule has 0 spiro atoms. The SMILES string of the molecule is CCOC(=O)c1c(NCCc2ccccn2)n(-c2ccccc2)c(=S)n(-c2ccccc2)c1=O. The normalized spacial score (nSPS) is 10.6. The Labute approximate surface area is 202 Å². The fraction of sp³-hybridized carbons (Fsp3) is 0.154. The van der Waals surface area contributed by atoms with Crippen LogP contribution in [0.4, 0.5) is 5.82 Å². The van der Waals surface area contributed by atoms with Gasteiger partial charge in [0.15, 0.2) is 10.3 Å². The van der Waals surface area contributed by atoms with Crippen LogP contribution in [0.5, 0.6) is 0 Å². The second kappa shape index (κ2) is 10.7. The van der Waals surface area contributed by atoms with Crippen LogP contribution in [0, 0.1) is 4.77 Å². The van der Waals surface area contributed by atoms with Crippen molar-refractivity contribution >= 4 is 24.0 Å². The summed E-state index contributed by atoms with van der Waals surface area (Å²) in [6, 6.07) is 24.1. The molecular formula is C26H24N4O3S. The molecule has 34 heavy (non-hydrogen) atoms. The fourth-order valence-electron chi connectivity index (χ4n) is 3.64. The molecule has 2 heterocycles. The van der Waals surface area contributed by atoms with E-state index in [1.165, 1.54) is 4.57 Å². The van der Waals surface area contributed by atoms with Gasteiger partial charge in [0.05, 0.1) is 12.3 Å². The molecule has 0 fully saturated rings. The monoisotopic (exact) mass is 472 g/mol.